The molecule has 4 rings (SSSR count). The summed E-state index contributed by atoms with van der Waals surface area (Å²) in [6.07, 6.45) is 3.06. The molecule has 2 aromatic heterocycles. The third-order valence-electron chi connectivity index (χ3n) is 3.83. The van der Waals surface area contributed by atoms with Gasteiger partial charge in [-0.15, -0.1) is 0 Å². The van der Waals surface area contributed by atoms with Gasteiger partial charge in [0.1, 0.15) is 17.5 Å². The van der Waals surface area contributed by atoms with E-state index in [1.165, 1.54) is 6.33 Å². The third kappa shape index (κ3) is 3.58. The third-order valence-corrected chi connectivity index (χ3v) is 4.38. The summed E-state index contributed by atoms with van der Waals surface area (Å²) in [6, 6.07) is 14.5. The SMILES string of the molecule is Nc1c(Nc2ccc(Cl)cc2Cl)ncnc1Oc1cccc2cccnc12. The molecule has 0 saturated carbocycles. The molecule has 4 aromatic rings. The van der Waals surface area contributed by atoms with Gasteiger partial charge in [-0.3, -0.25) is 4.98 Å². The number of benzene rings is 2. The number of anilines is 3. The van der Waals surface area contributed by atoms with Gasteiger partial charge in [0.25, 0.3) is 0 Å². The normalized spacial score (nSPS) is 10.7. The summed E-state index contributed by atoms with van der Waals surface area (Å²) in [5, 5.41) is 5.00. The number of hydrogen-bond acceptors (Lipinski definition) is 6. The van der Waals surface area contributed by atoms with Crippen LogP contribution in [0, 0.1) is 0 Å². The van der Waals surface area contributed by atoms with E-state index in [-0.39, 0.29) is 11.6 Å². The van der Waals surface area contributed by atoms with Crippen LogP contribution in [-0.4, -0.2) is 15.0 Å². The Kier molecular flexibility index (Phi) is 4.66. The van der Waals surface area contributed by atoms with Crippen LogP contribution in [-0.2, 0) is 0 Å². The van der Waals surface area contributed by atoms with Crippen LogP contribution in [0.25, 0.3) is 10.9 Å². The number of fused-ring (bicyclic) bond motifs is 1. The lowest BCUT2D eigenvalue weighted by molar-refractivity contribution is 0.469. The highest BCUT2D eigenvalue weighted by Crippen LogP contribution is 2.35. The molecule has 6 nitrogen and oxygen atoms in total. The summed E-state index contributed by atoms with van der Waals surface area (Å²) in [6.45, 7) is 0. The van der Waals surface area contributed by atoms with Gasteiger partial charge >= 0.3 is 0 Å². The number of para-hydroxylation sites is 1. The number of hydrogen-bond donors (Lipinski definition) is 2. The summed E-state index contributed by atoms with van der Waals surface area (Å²) in [5.74, 6) is 1.14. The maximum atomic E-state index is 6.20. The molecule has 0 bridgehead atoms. The van der Waals surface area contributed by atoms with E-state index in [1.54, 1.807) is 30.5 Å². The highest BCUT2D eigenvalue weighted by Gasteiger charge is 2.13. The van der Waals surface area contributed by atoms with Crippen LogP contribution in [0.5, 0.6) is 11.6 Å². The number of rotatable bonds is 4. The first kappa shape index (κ1) is 17.3. The summed E-state index contributed by atoms with van der Waals surface area (Å²) in [4.78, 5) is 12.7. The van der Waals surface area contributed by atoms with Crippen LogP contribution in [0.15, 0.2) is 61.1 Å². The lowest BCUT2D eigenvalue weighted by atomic mass is 10.2. The van der Waals surface area contributed by atoms with Crippen molar-refractivity contribution in [1.29, 1.82) is 0 Å². The fourth-order valence-electron chi connectivity index (χ4n) is 2.54. The van der Waals surface area contributed by atoms with Gasteiger partial charge in [0.15, 0.2) is 11.6 Å². The molecule has 3 N–H and O–H groups in total. The Morgan fingerprint density at radius 3 is 2.67 bits per heavy atom. The van der Waals surface area contributed by atoms with Crippen molar-refractivity contribution in [2.24, 2.45) is 0 Å². The second-order valence-electron chi connectivity index (χ2n) is 5.62. The molecule has 0 amide bonds. The van der Waals surface area contributed by atoms with Gasteiger partial charge in [-0.25, -0.2) is 4.98 Å². The number of nitrogens with two attached hydrogens (primary N) is 1. The van der Waals surface area contributed by atoms with E-state index in [1.807, 2.05) is 24.3 Å². The summed E-state index contributed by atoms with van der Waals surface area (Å²) in [5.41, 5.74) is 7.78. The Bertz CT molecular complexity index is 1130. The molecule has 2 aromatic carbocycles. The minimum atomic E-state index is 0.218. The van der Waals surface area contributed by atoms with E-state index in [4.69, 9.17) is 33.7 Å². The van der Waals surface area contributed by atoms with E-state index >= 15 is 0 Å². The van der Waals surface area contributed by atoms with Crippen molar-refractivity contribution in [3.8, 4) is 11.6 Å². The largest absolute Gasteiger partial charge is 0.435 e. The highest BCUT2D eigenvalue weighted by molar-refractivity contribution is 6.36. The van der Waals surface area contributed by atoms with Gasteiger partial charge in [-0.1, -0.05) is 41.4 Å². The molecular weight excluding hydrogens is 385 g/mol. The first-order valence-electron chi connectivity index (χ1n) is 7.96. The second-order valence-corrected chi connectivity index (χ2v) is 6.47. The first-order valence-corrected chi connectivity index (χ1v) is 8.71. The Morgan fingerprint density at radius 1 is 0.963 bits per heavy atom. The fourth-order valence-corrected chi connectivity index (χ4v) is 3.00. The first-order chi connectivity index (χ1) is 13.1. The van der Waals surface area contributed by atoms with E-state index in [0.717, 1.165) is 5.39 Å². The number of nitrogen functional groups attached to an aromatic ring is 1. The number of pyridine rings is 1. The maximum absolute atomic E-state index is 6.20. The molecule has 27 heavy (non-hydrogen) atoms. The maximum Gasteiger partial charge on any atom is 0.248 e. The fraction of sp³-hybridized carbons (Fsp3) is 0. The van der Waals surface area contributed by atoms with Crippen molar-refractivity contribution in [2.45, 2.75) is 0 Å². The van der Waals surface area contributed by atoms with Crippen LogP contribution >= 0.6 is 23.2 Å². The van der Waals surface area contributed by atoms with Gasteiger partial charge in [0, 0.05) is 16.6 Å². The van der Waals surface area contributed by atoms with Gasteiger partial charge in [0.05, 0.1) is 10.7 Å². The summed E-state index contributed by atoms with van der Waals surface area (Å²) in [7, 11) is 0. The zero-order chi connectivity index (χ0) is 18.8. The average Bonchev–Trinajstić information content (AvgIpc) is 2.67. The topological polar surface area (TPSA) is 86.0 Å². The van der Waals surface area contributed by atoms with Crippen LogP contribution < -0.4 is 15.8 Å². The Morgan fingerprint density at radius 2 is 1.81 bits per heavy atom. The monoisotopic (exact) mass is 397 g/mol. The molecule has 0 atom stereocenters. The van der Waals surface area contributed by atoms with E-state index in [9.17, 15) is 0 Å². The molecule has 0 aliphatic carbocycles. The Labute approximate surface area is 164 Å². The molecule has 8 heteroatoms. The van der Waals surface area contributed by atoms with E-state index in [2.05, 4.69) is 20.3 Å². The molecule has 0 radical (unpaired) electrons. The van der Waals surface area contributed by atoms with Crippen LogP contribution in [0.1, 0.15) is 0 Å². The molecule has 0 aliphatic rings. The van der Waals surface area contributed by atoms with E-state index < -0.39 is 0 Å². The average molecular weight is 398 g/mol. The second kappa shape index (κ2) is 7.26. The highest BCUT2D eigenvalue weighted by atomic mass is 35.5. The molecule has 0 aliphatic heterocycles. The minimum absolute atomic E-state index is 0.218. The molecule has 0 fully saturated rings. The zero-order valence-corrected chi connectivity index (χ0v) is 15.4. The van der Waals surface area contributed by atoms with Crippen molar-refractivity contribution < 1.29 is 4.74 Å². The molecule has 2 heterocycles. The smallest absolute Gasteiger partial charge is 0.248 e. The van der Waals surface area contributed by atoms with Crippen LogP contribution in [0.4, 0.5) is 17.2 Å². The van der Waals surface area contributed by atoms with E-state index in [0.29, 0.717) is 32.8 Å². The van der Waals surface area contributed by atoms with Crippen molar-refractivity contribution in [2.75, 3.05) is 11.1 Å². The Balaban J connectivity index is 1.67. The predicted octanol–water partition coefficient (Wildman–Crippen LogP) is 5.45. The van der Waals surface area contributed by atoms with Gasteiger partial charge in [-0.05, 0) is 30.3 Å². The lowest BCUT2D eigenvalue weighted by Crippen LogP contribution is -2.03. The van der Waals surface area contributed by atoms with Crippen LogP contribution in [0.3, 0.4) is 0 Å². The van der Waals surface area contributed by atoms with Crippen molar-refractivity contribution in [1.82, 2.24) is 15.0 Å². The number of ether oxygens (including phenoxy) is 1. The molecule has 134 valence electrons. The summed E-state index contributed by atoms with van der Waals surface area (Å²) >= 11 is 12.1. The molecule has 0 saturated heterocycles. The van der Waals surface area contributed by atoms with Gasteiger partial charge < -0.3 is 15.8 Å². The van der Waals surface area contributed by atoms with Gasteiger partial charge in [0.2, 0.25) is 5.88 Å². The number of nitrogens with zero attached hydrogens (tertiary/aromatic N) is 3. The zero-order valence-electron chi connectivity index (χ0n) is 13.9. The Hall–Kier alpha value is -3.09. The van der Waals surface area contributed by atoms with Gasteiger partial charge in [-0.2, -0.15) is 4.98 Å². The lowest BCUT2D eigenvalue weighted by Gasteiger charge is -2.13. The number of nitrogens with one attached hydrogen (secondary N) is 1. The summed E-state index contributed by atoms with van der Waals surface area (Å²) < 4.78 is 5.92. The molecular formula is C19H13Cl2N5O. The quantitative estimate of drug-likeness (QED) is 0.476. The molecule has 0 unspecified atom stereocenters. The van der Waals surface area contributed by atoms with Crippen molar-refractivity contribution >= 4 is 51.3 Å². The molecule has 0 spiro atoms. The number of aromatic nitrogens is 3. The minimum Gasteiger partial charge on any atom is -0.435 e. The predicted molar refractivity (Wildman–Crippen MR) is 108 cm³/mol. The standard InChI is InChI=1S/C19H13Cl2N5O/c20-12-6-7-14(13(21)9-12)26-18-16(22)19(25-10-24-18)27-15-5-1-3-11-4-2-8-23-17(11)15/h1-10H,22H2,(H,24,25,26). The van der Waals surface area contributed by atoms with Crippen molar-refractivity contribution in [3.63, 3.8) is 0 Å². The number of halogens is 2. The van der Waals surface area contributed by atoms with Crippen molar-refractivity contribution in [3.05, 3.63) is 71.1 Å². The van der Waals surface area contributed by atoms with Crippen LogP contribution in [0.2, 0.25) is 10.0 Å².